The van der Waals surface area contributed by atoms with Crippen LogP contribution in [0.2, 0.25) is 0 Å². The summed E-state index contributed by atoms with van der Waals surface area (Å²) in [5.74, 6) is 0.659. The molecular formula is C8H15ClN4O2. The van der Waals surface area contributed by atoms with Gasteiger partial charge < -0.3 is 9.47 Å². The Morgan fingerprint density at radius 1 is 1.40 bits per heavy atom. The fraction of sp³-hybridized carbons (Fsp3) is 0.875. The van der Waals surface area contributed by atoms with Gasteiger partial charge in [-0.25, -0.2) is 4.68 Å². The summed E-state index contributed by atoms with van der Waals surface area (Å²) in [5.41, 5.74) is 0. The minimum Gasteiger partial charge on any atom is -0.382 e. The Labute approximate surface area is 93.5 Å². The third-order valence-corrected chi connectivity index (χ3v) is 1.99. The van der Waals surface area contributed by atoms with Crippen molar-refractivity contribution in [3.63, 3.8) is 0 Å². The Bertz CT molecular complexity index is 279. The molecule has 0 amide bonds. The fourth-order valence-electron chi connectivity index (χ4n) is 1.05. The second kappa shape index (κ2) is 6.71. The molecule has 0 aliphatic heterocycles. The van der Waals surface area contributed by atoms with Crippen LogP contribution in [-0.4, -0.2) is 47.1 Å². The highest BCUT2D eigenvalue weighted by molar-refractivity contribution is 6.20. The van der Waals surface area contributed by atoms with Crippen LogP contribution in [0.3, 0.4) is 0 Å². The van der Waals surface area contributed by atoms with Crippen LogP contribution in [0, 0.1) is 0 Å². The van der Waals surface area contributed by atoms with Gasteiger partial charge in [-0.1, -0.05) is 0 Å². The number of hydrogen-bond acceptors (Lipinski definition) is 5. The molecule has 15 heavy (non-hydrogen) atoms. The first kappa shape index (κ1) is 12.4. The molecule has 7 heteroatoms. The minimum atomic E-state index is -0.195. The van der Waals surface area contributed by atoms with Gasteiger partial charge >= 0.3 is 0 Å². The van der Waals surface area contributed by atoms with Gasteiger partial charge in [-0.3, -0.25) is 0 Å². The lowest BCUT2D eigenvalue weighted by Crippen LogP contribution is -2.13. The van der Waals surface area contributed by atoms with Crippen molar-refractivity contribution >= 4 is 11.6 Å². The van der Waals surface area contributed by atoms with Crippen molar-refractivity contribution in [3.8, 4) is 0 Å². The van der Waals surface area contributed by atoms with Gasteiger partial charge in [0.25, 0.3) is 0 Å². The van der Waals surface area contributed by atoms with Crippen LogP contribution >= 0.6 is 11.6 Å². The lowest BCUT2D eigenvalue weighted by molar-refractivity contribution is 0.0649. The van der Waals surface area contributed by atoms with Gasteiger partial charge in [-0.15, -0.1) is 16.7 Å². The average molecular weight is 235 g/mol. The van der Waals surface area contributed by atoms with E-state index in [-0.39, 0.29) is 5.38 Å². The van der Waals surface area contributed by atoms with E-state index >= 15 is 0 Å². The van der Waals surface area contributed by atoms with E-state index in [4.69, 9.17) is 21.1 Å². The number of halogens is 1. The standard InChI is InChI=1S/C8H15ClN4O2/c1-7(9)8-10-11-12-13(8)3-4-15-6-5-14-2/h7H,3-6H2,1-2H3. The molecule has 1 rings (SSSR count). The Morgan fingerprint density at radius 3 is 2.87 bits per heavy atom. The third kappa shape index (κ3) is 4.11. The molecule has 0 saturated heterocycles. The molecule has 1 heterocycles. The van der Waals surface area contributed by atoms with Gasteiger partial charge in [0, 0.05) is 7.11 Å². The zero-order valence-corrected chi connectivity index (χ0v) is 9.65. The van der Waals surface area contributed by atoms with Crippen molar-refractivity contribution in [3.05, 3.63) is 5.82 Å². The van der Waals surface area contributed by atoms with E-state index < -0.39 is 0 Å². The number of aromatic nitrogens is 4. The smallest absolute Gasteiger partial charge is 0.168 e. The largest absolute Gasteiger partial charge is 0.382 e. The quantitative estimate of drug-likeness (QED) is 0.512. The van der Waals surface area contributed by atoms with Crippen LogP contribution in [0.5, 0.6) is 0 Å². The van der Waals surface area contributed by atoms with E-state index in [1.165, 1.54) is 0 Å². The van der Waals surface area contributed by atoms with E-state index in [0.29, 0.717) is 32.2 Å². The van der Waals surface area contributed by atoms with Crippen molar-refractivity contribution < 1.29 is 9.47 Å². The molecule has 0 aliphatic carbocycles. The van der Waals surface area contributed by atoms with E-state index in [1.54, 1.807) is 11.8 Å². The van der Waals surface area contributed by atoms with Crippen LogP contribution in [0.25, 0.3) is 0 Å². The lowest BCUT2D eigenvalue weighted by atomic mass is 10.4. The molecule has 0 aliphatic rings. The second-order valence-electron chi connectivity index (χ2n) is 2.98. The number of nitrogens with zero attached hydrogens (tertiary/aromatic N) is 4. The fourth-order valence-corrected chi connectivity index (χ4v) is 1.21. The van der Waals surface area contributed by atoms with Crippen molar-refractivity contribution in [2.75, 3.05) is 26.9 Å². The first-order valence-electron chi connectivity index (χ1n) is 4.72. The van der Waals surface area contributed by atoms with Crippen LogP contribution < -0.4 is 0 Å². The van der Waals surface area contributed by atoms with Gasteiger partial charge in [0.2, 0.25) is 0 Å². The molecule has 0 spiro atoms. The molecule has 86 valence electrons. The summed E-state index contributed by atoms with van der Waals surface area (Å²) in [6.07, 6.45) is 0. The number of alkyl halides is 1. The maximum atomic E-state index is 5.89. The van der Waals surface area contributed by atoms with Gasteiger partial charge in [-0.05, 0) is 17.4 Å². The van der Waals surface area contributed by atoms with Crippen molar-refractivity contribution in [1.82, 2.24) is 20.2 Å². The molecule has 0 bridgehead atoms. The summed E-state index contributed by atoms with van der Waals surface area (Å²) < 4.78 is 11.8. The molecule has 0 radical (unpaired) electrons. The van der Waals surface area contributed by atoms with Crippen LogP contribution in [-0.2, 0) is 16.0 Å². The number of hydrogen-bond donors (Lipinski definition) is 0. The molecule has 1 atom stereocenters. The highest BCUT2D eigenvalue weighted by atomic mass is 35.5. The summed E-state index contributed by atoms with van der Waals surface area (Å²) in [5, 5.41) is 11.0. The predicted molar refractivity (Wildman–Crippen MR) is 54.8 cm³/mol. The molecule has 6 nitrogen and oxygen atoms in total. The monoisotopic (exact) mass is 234 g/mol. The van der Waals surface area contributed by atoms with Crippen molar-refractivity contribution in [2.24, 2.45) is 0 Å². The summed E-state index contributed by atoms with van der Waals surface area (Å²) in [7, 11) is 1.64. The molecule has 1 aromatic rings. The maximum absolute atomic E-state index is 5.89. The topological polar surface area (TPSA) is 62.1 Å². The normalized spacial score (nSPS) is 13.0. The first-order chi connectivity index (χ1) is 7.25. The molecule has 1 unspecified atom stereocenters. The van der Waals surface area contributed by atoms with Crippen molar-refractivity contribution in [2.45, 2.75) is 18.8 Å². The predicted octanol–water partition coefficient (Wildman–Crippen LogP) is 0.636. The Kier molecular flexibility index (Phi) is 5.52. The maximum Gasteiger partial charge on any atom is 0.168 e. The SMILES string of the molecule is COCCOCCn1nnnc1C(C)Cl. The number of methoxy groups -OCH3 is 1. The highest BCUT2D eigenvalue weighted by Gasteiger charge is 2.10. The highest BCUT2D eigenvalue weighted by Crippen LogP contribution is 2.14. The van der Waals surface area contributed by atoms with Crippen LogP contribution in [0.15, 0.2) is 0 Å². The zero-order valence-electron chi connectivity index (χ0n) is 8.89. The molecule has 0 saturated carbocycles. The first-order valence-corrected chi connectivity index (χ1v) is 5.16. The Balaban J connectivity index is 2.28. The van der Waals surface area contributed by atoms with E-state index in [2.05, 4.69) is 15.5 Å². The van der Waals surface area contributed by atoms with E-state index in [1.807, 2.05) is 6.92 Å². The van der Waals surface area contributed by atoms with Crippen molar-refractivity contribution in [1.29, 1.82) is 0 Å². The van der Waals surface area contributed by atoms with Gasteiger partial charge in [0.15, 0.2) is 5.82 Å². The third-order valence-electron chi connectivity index (χ3n) is 1.79. The molecule has 0 N–H and O–H groups in total. The minimum absolute atomic E-state index is 0.195. The summed E-state index contributed by atoms with van der Waals surface area (Å²) in [6, 6.07) is 0. The number of rotatable bonds is 7. The molecule has 1 aromatic heterocycles. The Hall–Kier alpha value is -0.720. The van der Waals surface area contributed by atoms with E-state index in [9.17, 15) is 0 Å². The zero-order chi connectivity index (χ0) is 11.1. The molecular weight excluding hydrogens is 220 g/mol. The van der Waals surface area contributed by atoms with Gasteiger partial charge in [0.05, 0.1) is 31.7 Å². The summed E-state index contributed by atoms with van der Waals surface area (Å²) in [4.78, 5) is 0. The number of tetrazole rings is 1. The van der Waals surface area contributed by atoms with Gasteiger partial charge in [-0.2, -0.15) is 0 Å². The van der Waals surface area contributed by atoms with Gasteiger partial charge in [0.1, 0.15) is 0 Å². The van der Waals surface area contributed by atoms with Crippen LogP contribution in [0.1, 0.15) is 18.1 Å². The Morgan fingerprint density at radius 2 is 2.20 bits per heavy atom. The summed E-state index contributed by atoms with van der Waals surface area (Å²) in [6.45, 7) is 4.14. The van der Waals surface area contributed by atoms with E-state index in [0.717, 1.165) is 0 Å². The molecule has 0 fully saturated rings. The number of ether oxygens (including phenoxy) is 2. The second-order valence-corrected chi connectivity index (χ2v) is 3.64. The summed E-state index contributed by atoms with van der Waals surface area (Å²) >= 11 is 5.89. The lowest BCUT2D eigenvalue weighted by Gasteiger charge is -2.06. The van der Waals surface area contributed by atoms with Crippen LogP contribution in [0.4, 0.5) is 0 Å². The average Bonchev–Trinajstić information content (AvgIpc) is 2.66. The molecule has 0 aromatic carbocycles.